The Balaban J connectivity index is 1.77. The number of hydrogen-bond acceptors (Lipinski definition) is 3. The van der Waals surface area contributed by atoms with E-state index in [1.807, 2.05) is 65.3 Å². The van der Waals surface area contributed by atoms with Gasteiger partial charge in [-0.05, 0) is 79.5 Å². The normalized spacial score (nSPS) is 13.5. The fourth-order valence-corrected chi connectivity index (χ4v) is 4.51. The topological polar surface area (TPSA) is 55.8 Å². The predicted molar refractivity (Wildman–Crippen MR) is 147 cm³/mol. The molecule has 1 atom stereocenters. The molecule has 5 heteroatoms. The smallest absolute Gasteiger partial charge is 0.335 e. The maximum atomic E-state index is 11.7. The van der Waals surface area contributed by atoms with Gasteiger partial charge in [0, 0.05) is 11.1 Å². The summed E-state index contributed by atoms with van der Waals surface area (Å²) in [6, 6.07) is 17.2. The van der Waals surface area contributed by atoms with Crippen LogP contribution in [-0.2, 0) is 0 Å². The van der Waals surface area contributed by atoms with Crippen LogP contribution in [0.5, 0.6) is 11.5 Å². The molecule has 0 spiro atoms. The molecule has 0 saturated heterocycles. The van der Waals surface area contributed by atoms with E-state index in [9.17, 15) is 9.90 Å². The highest BCUT2D eigenvalue weighted by molar-refractivity contribution is 6.56. The van der Waals surface area contributed by atoms with Crippen LogP contribution in [0.25, 0.3) is 11.3 Å². The maximum absolute atomic E-state index is 11.7. The second kappa shape index (κ2) is 9.94. The molecule has 0 aliphatic carbocycles. The van der Waals surface area contributed by atoms with Crippen LogP contribution in [0.4, 0.5) is 0 Å². The summed E-state index contributed by atoms with van der Waals surface area (Å²) in [5, 5.41) is 9.63. The van der Waals surface area contributed by atoms with Crippen molar-refractivity contribution in [2.45, 2.75) is 40.4 Å². The minimum atomic E-state index is -0.946. The van der Waals surface area contributed by atoms with Crippen LogP contribution in [-0.4, -0.2) is 18.4 Å². The van der Waals surface area contributed by atoms with E-state index in [0.29, 0.717) is 11.2 Å². The van der Waals surface area contributed by atoms with Crippen LogP contribution < -0.4 is 14.9 Å². The van der Waals surface area contributed by atoms with Gasteiger partial charge in [-0.1, -0.05) is 61.9 Å². The van der Waals surface area contributed by atoms with Crippen molar-refractivity contribution >= 4 is 30.0 Å². The zero-order chi connectivity index (χ0) is 26.1. The van der Waals surface area contributed by atoms with Gasteiger partial charge in [-0.25, -0.2) is 4.79 Å². The molecule has 0 amide bonds. The van der Waals surface area contributed by atoms with Crippen LogP contribution in [0.3, 0.4) is 0 Å². The number of carboxylic acid groups (broad SMARTS) is 1. The molecule has 3 aromatic carbocycles. The Bertz CT molecular complexity index is 1430. The first-order chi connectivity index (χ1) is 17.1. The number of ether oxygens (including phenoxy) is 2. The molecule has 1 aliphatic rings. The molecule has 181 valence electrons. The number of aryl methyl sites for hydroxylation is 2. The molecular weight excluding hydrogens is 447 g/mol. The van der Waals surface area contributed by atoms with Crippen LogP contribution in [0, 0.1) is 13.8 Å². The highest BCUT2D eigenvalue weighted by Crippen LogP contribution is 2.45. The molecule has 4 nitrogen and oxygen atoms in total. The van der Waals surface area contributed by atoms with Gasteiger partial charge in [0.1, 0.15) is 17.3 Å². The second-order valence-electron chi connectivity index (χ2n) is 9.40. The Morgan fingerprint density at radius 3 is 2.50 bits per heavy atom. The zero-order valence-corrected chi connectivity index (χ0v) is 21.4. The highest BCUT2D eigenvalue weighted by Gasteiger charge is 2.28. The lowest BCUT2D eigenvalue weighted by atomic mass is 9.56. The minimum absolute atomic E-state index is 0.105. The zero-order valence-electron chi connectivity index (χ0n) is 21.4. The van der Waals surface area contributed by atoms with Gasteiger partial charge in [0.2, 0.25) is 0 Å². The largest absolute Gasteiger partial charge is 0.478 e. The van der Waals surface area contributed by atoms with Crippen molar-refractivity contribution in [1.29, 1.82) is 0 Å². The lowest BCUT2D eigenvalue weighted by Crippen LogP contribution is -2.27. The van der Waals surface area contributed by atoms with Gasteiger partial charge in [-0.3, -0.25) is 0 Å². The van der Waals surface area contributed by atoms with Gasteiger partial charge in [0.15, 0.2) is 7.28 Å². The molecule has 0 aromatic heterocycles. The second-order valence-corrected chi connectivity index (χ2v) is 9.40. The van der Waals surface area contributed by atoms with Crippen molar-refractivity contribution in [2.24, 2.45) is 0 Å². The number of benzene rings is 3. The Morgan fingerprint density at radius 1 is 1.08 bits per heavy atom. The summed E-state index contributed by atoms with van der Waals surface area (Å²) in [5.74, 6) is 1.76. The van der Waals surface area contributed by atoms with E-state index in [2.05, 4.69) is 32.2 Å². The van der Waals surface area contributed by atoms with Crippen molar-refractivity contribution in [2.75, 3.05) is 0 Å². The average molecular weight is 477 g/mol. The quantitative estimate of drug-likeness (QED) is 0.299. The highest BCUT2D eigenvalue weighted by atomic mass is 16.5. The van der Waals surface area contributed by atoms with Crippen molar-refractivity contribution in [1.82, 2.24) is 0 Å². The third kappa shape index (κ3) is 4.87. The third-order valence-corrected chi connectivity index (χ3v) is 6.43. The molecule has 0 fully saturated rings. The first kappa shape index (κ1) is 25.1. The Kier molecular flexibility index (Phi) is 6.94. The minimum Gasteiger partial charge on any atom is -0.478 e. The van der Waals surface area contributed by atoms with E-state index in [1.165, 1.54) is 0 Å². The van der Waals surface area contributed by atoms with Crippen LogP contribution in [0.1, 0.15) is 64.8 Å². The van der Waals surface area contributed by atoms with E-state index in [-0.39, 0.29) is 11.4 Å². The molecule has 0 bridgehead atoms. The fourth-order valence-electron chi connectivity index (χ4n) is 4.51. The van der Waals surface area contributed by atoms with Gasteiger partial charge in [-0.2, -0.15) is 0 Å². The van der Waals surface area contributed by atoms with Crippen LogP contribution >= 0.6 is 0 Å². The molecule has 36 heavy (non-hydrogen) atoms. The number of rotatable bonds is 7. The van der Waals surface area contributed by atoms with Crippen LogP contribution in [0.15, 0.2) is 79.1 Å². The predicted octanol–water partition coefficient (Wildman–Crippen LogP) is 6.84. The third-order valence-electron chi connectivity index (χ3n) is 6.43. The number of fused-ring (bicyclic) bond motifs is 1. The maximum Gasteiger partial charge on any atom is 0.335 e. The average Bonchev–Trinajstić information content (AvgIpc) is 2.82. The summed E-state index contributed by atoms with van der Waals surface area (Å²) < 4.78 is 12.5. The molecule has 4 rings (SSSR count). The molecule has 0 saturated carbocycles. The monoisotopic (exact) mass is 477 g/mol. The summed E-state index contributed by atoms with van der Waals surface area (Å²) in [7, 11) is 1.97. The number of carboxylic acids is 1. The van der Waals surface area contributed by atoms with Crippen molar-refractivity contribution in [3.05, 3.63) is 112 Å². The molecule has 1 radical (unpaired) electrons. The summed E-state index contributed by atoms with van der Waals surface area (Å²) in [6.07, 6.45) is 0. The SMILES string of the molecule is C=C(C)Oc1cc(C2=C(C)C(=C)c3cc(C)cc(C(C)[B]c4ccccc4C(=O)O)c3O2)ccc1C. The van der Waals surface area contributed by atoms with Crippen molar-refractivity contribution in [3.63, 3.8) is 0 Å². The Labute approximate surface area is 213 Å². The van der Waals surface area contributed by atoms with Gasteiger partial charge >= 0.3 is 5.97 Å². The first-order valence-electron chi connectivity index (χ1n) is 11.9. The lowest BCUT2D eigenvalue weighted by molar-refractivity contribution is 0.0698. The van der Waals surface area contributed by atoms with E-state index >= 15 is 0 Å². The van der Waals surface area contributed by atoms with E-state index in [0.717, 1.165) is 56.2 Å². The molecule has 1 N–H and O–H groups in total. The molecular formula is C31H30BO4. The van der Waals surface area contributed by atoms with E-state index < -0.39 is 5.97 Å². The van der Waals surface area contributed by atoms with Crippen molar-refractivity contribution in [3.8, 4) is 11.5 Å². The standard InChI is InChI=1S/C31H30BO4/c1-17(2)35-28-16-23(13-12-19(28)4)29-21(6)20(5)25-14-18(3)15-26(30(25)36-29)22(7)32-27-11-9-8-10-24(27)31(33)34/h8-16,22H,1,5H2,2-4,6-7H3,(H,33,34). The van der Waals surface area contributed by atoms with Gasteiger partial charge in [-0.15, -0.1) is 0 Å². The van der Waals surface area contributed by atoms with Crippen LogP contribution in [0.2, 0.25) is 0 Å². The summed E-state index contributed by atoms with van der Waals surface area (Å²) in [5.41, 5.74) is 7.71. The number of hydrogen-bond donors (Lipinski definition) is 1. The van der Waals surface area contributed by atoms with Gasteiger partial charge in [0.05, 0.1) is 11.3 Å². The molecule has 1 aliphatic heterocycles. The summed E-state index contributed by atoms with van der Waals surface area (Å²) in [6.45, 7) is 18.2. The van der Waals surface area contributed by atoms with E-state index in [1.54, 1.807) is 12.1 Å². The summed E-state index contributed by atoms with van der Waals surface area (Å²) >= 11 is 0. The lowest BCUT2D eigenvalue weighted by Gasteiger charge is -2.28. The Hall–Kier alpha value is -3.99. The number of carbonyl (C=O) groups is 1. The first-order valence-corrected chi connectivity index (χ1v) is 11.9. The Morgan fingerprint density at radius 2 is 1.81 bits per heavy atom. The summed E-state index contributed by atoms with van der Waals surface area (Å²) in [4.78, 5) is 11.7. The molecule has 3 aromatic rings. The number of allylic oxidation sites excluding steroid dienone is 3. The van der Waals surface area contributed by atoms with E-state index in [4.69, 9.17) is 9.47 Å². The molecule has 1 heterocycles. The molecule has 1 unspecified atom stereocenters. The fraction of sp³-hybridized carbons (Fsp3) is 0.194. The van der Waals surface area contributed by atoms with Crippen molar-refractivity contribution < 1.29 is 19.4 Å². The number of aromatic carboxylic acids is 1. The van der Waals surface area contributed by atoms with Gasteiger partial charge < -0.3 is 14.6 Å². The van der Waals surface area contributed by atoms with Gasteiger partial charge in [0.25, 0.3) is 0 Å².